The molecule has 1 aliphatic rings. The molecule has 0 aliphatic carbocycles. The van der Waals surface area contributed by atoms with E-state index in [-0.39, 0.29) is 13.0 Å². The number of likely N-dealkylation sites (tertiary alicyclic amines) is 1. The third-order valence-electron chi connectivity index (χ3n) is 2.14. The summed E-state index contributed by atoms with van der Waals surface area (Å²) >= 11 is 5.65. The summed E-state index contributed by atoms with van der Waals surface area (Å²) in [4.78, 5) is 23.0. The summed E-state index contributed by atoms with van der Waals surface area (Å²) in [7, 11) is -4.46. The van der Waals surface area contributed by atoms with Gasteiger partial charge in [0.15, 0.2) is 0 Å². The molecule has 0 aromatic heterocycles. The van der Waals surface area contributed by atoms with Gasteiger partial charge in [-0.1, -0.05) is 0 Å². The van der Waals surface area contributed by atoms with Crippen LogP contribution in [0.3, 0.4) is 0 Å². The quantitative estimate of drug-likeness (QED) is 0.510. The molecule has 7 nitrogen and oxygen atoms in total. The fourth-order valence-corrected chi connectivity index (χ4v) is 2.48. The lowest BCUT2D eigenvalue weighted by Gasteiger charge is -2.22. The summed E-state index contributed by atoms with van der Waals surface area (Å²) in [6.07, 6.45) is -0.0309. The summed E-state index contributed by atoms with van der Waals surface area (Å²) < 4.78 is 29.8. The summed E-state index contributed by atoms with van der Waals surface area (Å²) in [5, 5.41) is 8.26. The van der Waals surface area contributed by atoms with Gasteiger partial charge in [-0.3, -0.25) is 9.35 Å². The van der Waals surface area contributed by atoms with E-state index < -0.39 is 39.2 Å². The Hall–Kier alpha value is -0.860. The molecular weight excluding hydrogens is 262 g/mol. The molecule has 0 aromatic rings. The van der Waals surface area contributed by atoms with Gasteiger partial charge in [0, 0.05) is 13.0 Å². The maximum atomic E-state index is 11.3. The SMILES string of the molecule is O=C(O)C(CS(=O)(=O)O)N1CC(Cl)CC1=O. The Kier molecular flexibility index (Phi) is 3.76. The first-order valence-corrected chi connectivity index (χ1v) is 6.37. The molecule has 1 saturated heterocycles. The van der Waals surface area contributed by atoms with Gasteiger partial charge in [-0.25, -0.2) is 4.79 Å². The maximum absolute atomic E-state index is 11.3. The molecule has 9 heteroatoms. The lowest BCUT2D eigenvalue weighted by Crippen LogP contribution is -2.46. The Balaban J connectivity index is 2.87. The van der Waals surface area contributed by atoms with Gasteiger partial charge in [-0.2, -0.15) is 8.42 Å². The predicted octanol–water partition coefficient (Wildman–Crippen LogP) is -0.833. The Bertz CT molecular complexity index is 407. The molecule has 0 bridgehead atoms. The molecule has 92 valence electrons. The smallest absolute Gasteiger partial charge is 0.327 e. The van der Waals surface area contributed by atoms with Crippen molar-refractivity contribution in [3.63, 3.8) is 0 Å². The summed E-state index contributed by atoms with van der Waals surface area (Å²) in [5.41, 5.74) is 0. The van der Waals surface area contributed by atoms with Crippen LogP contribution in [0, 0.1) is 0 Å². The van der Waals surface area contributed by atoms with Crippen LogP contribution in [-0.2, 0) is 19.7 Å². The molecule has 0 saturated carbocycles. The number of alkyl halides is 1. The van der Waals surface area contributed by atoms with Crippen LogP contribution in [0.4, 0.5) is 0 Å². The van der Waals surface area contributed by atoms with Gasteiger partial charge in [0.25, 0.3) is 10.1 Å². The lowest BCUT2D eigenvalue weighted by molar-refractivity contribution is -0.147. The number of amides is 1. The topological polar surface area (TPSA) is 112 Å². The molecule has 1 heterocycles. The molecule has 2 N–H and O–H groups in total. The van der Waals surface area contributed by atoms with Crippen LogP contribution in [-0.4, -0.2) is 58.6 Å². The Morgan fingerprint density at radius 2 is 2.19 bits per heavy atom. The number of aliphatic carboxylic acids is 1. The average molecular weight is 272 g/mol. The minimum Gasteiger partial charge on any atom is -0.480 e. The summed E-state index contributed by atoms with van der Waals surface area (Å²) in [6, 6.07) is -1.59. The van der Waals surface area contributed by atoms with Crippen LogP contribution in [0.5, 0.6) is 0 Å². The Morgan fingerprint density at radius 3 is 2.50 bits per heavy atom. The van der Waals surface area contributed by atoms with Gasteiger partial charge in [0.05, 0.1) is 5.38 Å². The minimum absolute atomic E-state index is 0.0309. The van der Waals surface area contributed by atoms with Crippen LogP contribution in [0.1, 0.15) is 6.42 Å². The fourth-order valence-electron chi connectivity index (χ4n) is 1.48. The van der Waals surface area contributed by atoms with Gasteiger partial charge < -0.3 is 10.0 Å². The number of carbonyl (C=O) groups excluding carboxylic acids is 1. The number of carbonyl (C=O) groups is 2. The number of hydrogen-bond acceptors (Lipinski definition) is 4. The number of rotatable bonds is 4. The third-order valence-corrected chi connectivity index (χ3v) is 3.17. The molecule has 1 fully saturated rings. The number of halogens is 1. The summed E-state index contributed by atoms with van der Waals surface area (Å²) in [6.45, 7) is -0.0348. The molecule has 0 radical (unpaired) electrons. The lowest BCUT2D eigenvalue weighted by atomic mass is 10.3. The molecule has 0 aromatic carbocycles. The van der Waals surface area contributed by atoms with Gasteiger partial charge in [0.1, 0.15) is 11.8 Å². The Labute approximate surface area is 96.7 Å². The normalized spacial score (nSPS) is 23.5. The van der Waals surface area contributed by atoms with E-state index in [9.17, 15) is 18.0 Å². The van der Waals surface area contributed by atoms with Crippen molar-refractivity contribution in [3.05, 3.63) is 0 Å². The maximum Gasteiger partial charge on any atom is 0.327 e. The molecule has 1 amide bonds. The second-order valence-electron chi connectivity index (χ2n) is 3.45. The van der Waals surface area contributed by atoms with Crippen LogP contribution in [0.25, 0.3) is 0 Å². The van der Waals surface area contributed by atoms with E-state index in [0.29, 0.717) is 0 Å². The molecule has 2 unspecified atom stereocenters. The van der Waals surface area contributed by atoms with Crippen molar-refractivity contribution < 1.29 is 27.7 Å². The second kappa shape index (κ2) is 4.56. The number of nitrogens with zero attached hydrogens (tertiary/aromatic N) is 1. The van der Waals surface area contributed by atoms with Crippen LogP contribution >= 0.6 is 11.6 Å². The number of carboxylic acid groups (broad SMARTS) is 1. The average Bonchev–Trinajstić information content (AvgIpc) is 2.39. The van der Waals surface area contributed by atoms with E-state index in [4.69, 9.17) is 21.3 Å². The molecular formula is C7H10ClNO6S. The second-order valence-corrected chi connectivity index (χ2v) is 5.56. The zero-order valence-electron chi connectivity index (χ0n) is 8.04. The molecule has 1 rings (SSSR count). The highest BCUT2D eigenvalue weighted by Gasteiger charge is 2.39. The van der Waals surface area contributed by atoms with Crippen LogP contribution in [0.2, 0.25) is 0 Å². The van der Waals surface area contributed by atoms with Gasteiger partial charge >= 0.3 is 5.97 Å². The van der Waals surface area contributed by atoms with Crippen molar-refractivity contribution in [1.82, 2.24) is 4.90 Å². The van der Waals surface area contributed by atoms with E-state index in [2.05, 4.69) is 0 Å². The van der Waals surface area contributed by atoms with Gasteiger partial charge in [-0.05, 0) is 0 Å². The minimum atomic E-state index is -4.46. The van der Waals surface area contributed by atoms with E-state index >= 15 is 0 Å². The van der Waals surface area contributed by atoms with Crippen molar-refractivity contribution >= 4 is 33.6 Å². The van der Waals surface area contributed by atoms with Crippen LogP contribution in [0.15, 0.2) is 0 Å². The predicted molar refractivity (Wildman–Crippen MR) is 53.8 cm³/mol. The largest absolute Gasteiger partial charge is 0.480 e. The van der Waals surface area contributed by atoms with Crippen molar-refractivity contribution in [2.24, 2.45) is 0 Å². The monoisotopic (exact) mass is 271 g/mol. The highest BCUT2D eigenvalue weighted by molar-refractivity contribution is 7.85. The van der Waals surface area contributed by atoms with Gasteiger partial charge in [-0.15, -0.1) is 11.6 Å². The summed E-state index contributed by atoms with van der Waals surface area (Å²) in [5.74, 6) is -3.05. The molecule has 2 atom stereocenters. The van der Waals surface area contributed by atoms with Crippen molar-refractivity contribution in [2.45, 2.75) is 17.8 Å². The van der Waals surface area contributed by atoms with Crippen molar-refractivity contribution in [1.29, 1.82) is 0 Å². The zero-order valence-corrected chi connectivity index (χ0v) is 9.61. The molecule has 16 heavy (non-hydrogen) atoms. The molecule has 0 spiro atoms. The van der Waals surface area contributed by atoms with Crippen molar-refractivity contribution in [2.75, 3.05) is 12.3 Å². The number of carboxylic acids is 1. The van der Waals surface area contributed by atoms with Gasteiger partial charge in [0.2, 0.25) is 5.91 Å². The first-order valence-electron chi connectivity index (χ1n) is 4.32. The van der Waals surface area contributed by atoms with Crippen LogP contribution < -0.4 is 0 Å². The first-order chi connectivity index (χ1) is 7.20. The van der Waals surface area contributed by atoms with E-state index in [1.807, 2.05) is 0 Å². The standard InChI is InChI=1S/C7H10ClNO6S/c8-4-1-6(10)9(2-4)5(7(11)12)3-16(13,14)15/h4-5H,1-3H2,(H,11,12)(H,13,14,15). The van der Waals surface area contributed by atoms with E-state index in [1.54, 1.807) is 0 Å². The van der Waals surface area contributed by atoms with E-state index in [0.717, 1.165) is 4.90 Å². The zero-order chi connectivity index (χ0) is 12.5. The van der Waals surface area contributed by atoms with Crippen molar-refractivity contribution in [3.8, 4) is 0 Å². The third kappa shape index (κ3) is 3.32. The highest BCUT2D eigenvalue weighted by atomic mass is 35.5. The highest BCUT2D eigenvalue weighted by Crippen LogP contribution is 2.19. The van der Waals surface area contributed by atoms with E-state index in [1.165, 1.54) is 0 Å². The fraction of sp³-hybridized carbons (Fsp3) is 0.714. The Morgan fingerprint density at radius 1 is 1.62 bits per heavy atom. The first kappa shape index (κ1) is 13.2. The number of hydrogen-bond donors (Lipinski definition) is 2. The molecule has 1 aliphatic heterocycles.